The zero-order chi connectivity index (χ0) is 40.6. The number of methoxy groups -OCH3 is 1. The molecule has 57 heavy (non-hydrogen) atoms. The molecular formula is C43H49F3N6O5. The van der Waals surface area contributed by atoms with E-state index in [1.165, 1.54) is 4.90 Å². The Balaban J connectivity index is 1.07. The van der Waals surface area contributed by atoms with Gasteiger partial charge in [0.05, 0.1) is 47.5 Å². The van der Waals surface area contributed by atoms with Crippen LogP contribution in [0.3, 0.4) is 0 Å². The summed E-state index contributed by atoms with van der Waals surface area (Å²) >= 11 is 0. The number of aromatic nitrogens is 4. The third-order valence-corrected chi connectivity index (χ3v) is 11.8. The highest BCUT2D eigenvalue weighted by Crippen LogP contribution is 2.46. The van der Waals surface area contributed by atoms with Crippen molar-refractivity contribution in [3.8, 4) is 28.1 Å². The first-order valence-electron chi connectivity index (χ1n) is 19.6. The van der Waals surface area contributed by atoms with Crippen LogP contribution < -0.4 is 4.74 Å². The quantitative estimate of drug-likeness (QED) is 0.168. The maximum atomic E-state index is 13.9. The van der Waals surface area contributed by atoms with Crippen LogP contribution in [0.4, 0.5) is 18.0 Å². The standard InChI is InChI=1S/C43H49F3N6O5/c1-22(2)23(3)40(53)51-19-28(43(44,45)46)15-35(51)38-47-17-33(49-38)26-8-10-29-27(13-26)21-56-36-16-30-25(14-31(29)36)9-11-32-37(30)50-39(48-32)34-12-24(20-55-7)18-52(34)41(54)57-42(4,5)6/h8-11,13-14,16-17,22-24,28,34-35H,12,15,18-21H2,1-7H3,(H,47,49)(H,48,50)/t23-,24-,28-,34-,35-/m0/s1. The first kappa shape index (κ1) is 38.7. The van der Waals surface area contributed by atoms with Crippen molar-refractivity contribution in [2.24, 2.45) is 23.7 Å². The highest BCUT2D eigenvalue weighted by Gasteiger charge is 2.50. The maximum Gasteiger partial charge on any atom is 0.410 e. The number of halogens is 3. The molecule has 2 amide bonds. The van der Waals surface area contributed by atoms with E-state index < -0.39 is 29.7 Å². The number of hydrogen-bond acceptors (Lipinski definition) is 7. The van der Waals surface area contributed by atoms with Crippen LogP contribution in [0, 0.1) is 23.7 Å². The van der Waals surface area contributed by atoms with Gasteiger partial charge < -0.3 is 29.1 Å². The van der Waals surface area contributed by atoms with Crippen LogP contribution in [0.5, 0.6) is 5.75 Å². The molecule has 302 valence electrons. The predicted octanol–water partition coefficient (Wildman–Crippen LogP) is 9.35. The molecule has 2 saturated heterocycles. The van der Waals surface area contributed by atoms with Crippen LogP contribution in [0.2, 0.25) is 0 Å². The smallest absolute Gasteiger partial charge is 0.410 e. The highest BCUT2D eigenvalue weighted by atomic mass is 19.4. The molecule has 3 aliphatic heterocycles. The first-order valence-corrected chi connectivity index (χ1v) is 19.6. The molecule has 0 saturated carbocycles. The summed E-state index contributed by atoms with van der Waals surface area (Å²) in [4.78, 5) is 46.1. The lowest BCUT2D eigenvalue weighted by atomic mass is 9.92. The van der Waals surface area contributed by atoms with Gasteiger partial charge in [0.25, 0.3) is 0 Å². The van der Waals surface area contributed by atoms with E-state index in [0.29, 0.717) is 43.5 Å². The summed E-state index contributed by atoms with van der Waals surface area (Å²) in [5.41, 5.74) is 5.37. The molecule has 11 nitrogen and oxygen atoms in total. The third kappa shape index (κ3) is 7.32. The Labute approximate surface area is 329 Å². The average Bonchev–Trinajstić information content (AvgIpc) is 3.97. The molecule has 14 heteroatoms. The number of hydrogen-bond donors (Lipinski definition) is 2. The second kappa shape index (κ2) is 14.4. The molecule has 3 aliphatic rings. The number of fused-ring (bicyclic) bond motifs is 6. The third-order valence-electron chi connectivity index (χ3n) is 11.8. The van der Waals surface area contributed by atoms with Crippen molar-refractivity contribution in [1.82, 2.24) is 29.7 Å². The van der Waals surface area contributed by atoms with E-state index >= 15 is 0 Å². The van der Waals surface area contributed by atoms with E-state index in [1.807, 2.05) is 71.0 Å². The summed E-state index contributed by atoms with van der Waals surface area (Å²) in [6.07, 6.45) is -2.71. The number of amides is 2. The van der Waals surface area contributed by atoms with Crippen LogP contribution in [-0.4, -0.2) is 80.3 Å². The zero-order valence-electron chi connectivity index (χ0n) is 33.3. The van der Waals surface area contributed by atoms with Gasteiger partial charge >= 0.3 is 12.3 Å². The molecule has 2 aromatic heterocycles. The first-order chi connectivity index (χ1) is 27.0. The van der Waals surface area contributed by atoms with Gasteiger partial charge in [0.15, 0.2) is 0 Å². The Kier molecular flexibility index (Phi) is 9.77. The van der Waals surface area contributed by atoms with Crippen LogP contribution in [0.1, 0.15) is 83.7 Å². The van der Waals surface area contributed by atoms with Crippen molar-refractivity contribution >= 4 is 33.8 Å². The van der Waals surface area contributed by atoms with E-state index in [-0.39, 0.29) is 42.8 Å². The minimum atomic E-state index is -4.41. The van der Waals surface area contributed by atoms with Crippen LogP contribution in [0.15, 0.2) is 48.7 Å². The molecule has 0 bridgehead atoms. The summed E-state index contributed by atoms with van der Waals surface area (Å²) in [7, 11) is 1.66. The number of rotatable bonds is 7. The Bertz CT molecular complexity index is 2350. The number of aromatic amines is 2. The molecule has 0 spiro atoms. The van der Waals surface area contributed by atoms with E-state index in [0.717, 1.165) is 49.8 Å². The van der Waals surface area contributed by atoms with Crippen molar-refractivity contribution in [1.29, 1.82) is 0 Å². The molecule has 5 aromatic rings. The number of H-pyrrole nitrogens is 2. The fraction of sp³-hybridized carbons (Fsp3) is 0.488. The lowest BCUT2D eigenvalue weighted by Gasteiger charge is -2.28. The lowest BCUT2D eigenvalue weighted by Crippen LogP contribution is -2.38. The van der Waals surface area contributed by atoms with E-state index in [4.69, 9.17) is 19.2 Å². The van der Waals surface area contributed by atoms with Gasteiger partial charge in [-0.15, -0.1) is 0 Å². The minimum absolute atomic E-state index is 0.00874. The van der Waals surface area contributed by atoms with Crippen molar-refractivity contribution in [2.75, 3.05) is 26.8 Å². The Morgan fingerprint density at radius 1 is 0.947 bits per heavy atom. The number of carbonyl (C=O) groups excluding carboxylic acids is 2. The SMILES string of the molecule is COC[C@H]1C[C@@H](c2nc3ccc4cc5c(cc4c3[nH]2)OCc2cc(-c3cnc([C@@H]4C[C@H](C(F)(F)F)CN4C(=O)[C@@H](C)C(C)C)[nH]3)ccc2-5)N(C(=O)OC(C)(C)C)C1. The second-order valence-corrected chi connectivity index (χ2v) is 17.2. The van der Waals surface area contributed by atoms with Gasteiger partial charge in [-0.3, -0.25) is 9.69 Å². The topological polar surface area (TPSA) is 126 Å². The van der Waals surface area contributed by atoms with Crippen molar-refractivity contribution < 1.29 is 37.0 Å². The normalized spacial score (nSPS) is 21.6. The number of nitrogens with one attached hydrogen (secondary N) is 2. The van der Waals surface area contributed by atoms with Gasteiger partial charge in [0, 0.05) is 43.0 Å². The van der Waals surface area contributed by atoms with E-state index in [1.54, 1.807) is 25.1 Å². The fourth-order valence-electron chi connectivity index (χ4n) is 8.47. The molecule has 5 heterocycles. The second-order valence-electron chi connectivity index (χ2n) is 17.2. The highest BCUT2D eigenvalue weighted by molar-refractivity contribution is 6.07. The van der Waals surface area contributed by atoms with Gasteiger partial charge in [-0.2, -0.15) is 13.2 Å². The number of benzene rings is 3. The number of nitrogens with zero attached hydrogens (tertiary/aromatic N) is 4. The van der Waals surface area contributed by atoms with Gasteiger partial charge in [-0.1, -0.05) is 39.0 Å². The van der Waals surface area contributed by atoms with E-state index in [9.17, 15) is 22.8 Å². The average molecular weight is 787 g/mol. The number of likely N-dealkylation sites (tertiary alicyclic amines) is 2. The number of ether oxygens (including phenoxy) is 3. The van der Waals surface area contributed by atoms with Crippen molar-refractivity contribution in [3.05, 3.63) is 65.9 Å². The molecule has 2 N–H and O–H groups in total. The maximum absolute atomic E-state index is 13.9. The van der Waals surface area contributed by atoms with Gasteiger partial charge in [0.2, 0.25) is 5.91 Å². The summed E-state index contributed by atoms with van der Waals surface area (Å²) in [6, 6.07) is 13.1. The molecule has 5 atom stereocenters. The molecule has 8 rings (SSSR count). The number of alkyl halides is 3. The molecule has 0 radical (unpaired) electrons. The van der Waals surface area contributed by atoms with E-state index in [2.05, 4.69) is 21.0 Å². The Morgan fingerprint density at radius 3 is 2.44 bits per heavy atom. The predicted molar refractivity (Wildman–Crippen MR) is 209 cm³/mol. The fourth-order valence-corrected chi connectivity index (χ4v) is 8.47. The van der Waals surface area contributed by atoms with Gasteiger partial charge in [-0.05, 0) is 85.9 Å². The number of imidazole rings is 2. The zero-order valence-corrected chi connectivity index (χ0v) is 33.3. The molecule has 3 aromatic carbocycles. The molecule has 2 fully saturated rings. The molecular weight excluding hydrogens is 738 g/mol. The lowest BCUT2D eigenvalue weighted by molar-refractivity contribution is -0.171. The Morgan fingerprint density at radius 2 is 1.72 bits per heavy atom. The Hall–Kier alpha value is -5.11. The summed E-state index contributed by atoms with van der Waals surface area (Å²) < 4.78 is 59.3. The van der Waals surface area contributed by atoms with Crippen LogP contribution >= 0.6 is 0 Å². The molecule has 0 unspecified atom stereocenters. The van der Waals surface area contributed by atoms with Gasteiger partial charge in [-0.25, -0.2) is 14.8 Å². The molecule has 0 aliphatic carbocycles. The van der Waals surface area contributed by atoms with Crippen LogP contribution in [0.25, 0.3) is 44.2 Å². The monoisotopic (exact) mass is 786 g/mol. The minimum Gasteiger partial charge on any atom is -0.488 e. The summed E-state index contributed by atoms with van der Waals surface area (Å²) in [5.74, 6) is -0.414. The summed E-state index contributed by atoms with van der Waals surface area (Å²) in [5, 5.41) is 1.93. The van der Waals surface area contributed by atoms with Gasteiger partial charge in [0.1, 0.15) is 29.6 Å². The number of carbonyl (C=O) groups is 2. The largest absolute Gasteiger partial charge is 0.488 e. The van der Waals surface area contributed by atoms with Crippen molar-refractivity contribution in [2.45, 2.75) is 84.9 Å². The van der Waals surface area contributed by atoms with Crippen LogP contribution in [-0.2, 0) is 20.9 Å². The van der Waals surface area contributed by atoms with Crippen molar-refractivity contribution in [3.63, 3.8) is 0 Å². The summed E-state index contributed by atoms with van der Waals surface area (Å²) in [6.45, 7) is 12.1.